The van der Waals surface area contributed by atoms with Crippen molar-refractivity contribution in [3.63, 3.8) is 0 Å². The molecule has 0 saturated heterocycles. The summed E-state index contributed by atoms with van der Waals surface area (Å²) >= 11 is 0. The lowest BCUT2D eigenvalue weighted by atomic mass is 10.1. The van der Waals surface area contributed by atoms with Gasteiger partial charge in [0.25, 0.3) is 0 Å². The molecule has 1 rings (SSSR count). The van der Waals surface area contributed by atoms with Crippen LogP contribution in [0.1, 0.15) is 17.3 Å². The van der Waals surface area contributed by atoms with Crippen molar-refractivity contribution < 1.29 is 14.3 Å². The molecular weight excluding hydrogens is 206 g/mol. The Morgan fingerprint density at radius 3 is 2.38 bits per heavy atom. The molecule has 0 bridgehead atoms. The van der Waals surface area contributed by atoms with Crippen LogP contribution in [0.5, 0.6) is 5.75 Å². The second kappa shape index (κ2) is 5.23. The summed E-state index contributed by atoms with van der Waals surface area (Å²) in [7, 11) is 0. The number of carbonyl (C=O) groups excluding carboxylic acids is 2. The molecule has 0 aliphatic carbocycles. The summed E-state index contributed by atoms with van der Waals surface area (Å²) in [4.78, 5) is 22.4. The van der Waals surface area contributed by atoms with E-state index in [4.69, 9.17) is 10.5 Å². The second-order valence-corrected chi connectivity index (χ2v) is 3.30. The average Bonchev–Trinajstić information content (AvgIpc) is 2.28. The van der Waals surface area contributed by atoms with Gasteiger partial charge in [0.1, 0.15) is 11.8 Å². The highest BCUT2D eigenvalue weighted by molar-refractivity contribution is 6.04. The van der Waals surface area contributed by atoms with Crippen LogP contribution in [0.2, 0.25) is 0 Å². The van der Waals surface area contributed by atoms with Gasteiger partial charge in [-0.25, -0.2) is 4.79 Å². The first-order chi connectivity index (χ1) is 7.54. The largest absolute Gasteiger partial charge is 0.425 e. The molecular formula is C12H13NO3. The van der Waals surface area contributed by atoms with Gasteiger partial charge in [-0.05, 0) is 37.3 Å². The third-order valence-corrected chi connectivity index (χ3v) is 1.91. The zero-order chi connectivity index (χ0) is 12.1. The number of esters is 1. The smallest absolute Gasteiger partial charge is 0.328 e. The zero-order valence-corrected chi connectivity index (χ0v) is 8.97. The minimum absolute atomic E-state index is 0.176. The van der Waals surface area contributed by atoms with E-state index in [2.05, 4.69) is 6.58 Å². The molecule has 0 aliphatic rings. The van der Waals surface area contributed by atoms with Crippen LogP contribution in [-0.2, 0) is 4.79 Å². The lowest BCUT2D eigenvalue weighted by Gasteiger charge is -2.06. The molecule has 0 heterocycles. The Hall–Kier alpha value is -1.94. The Kier molecular flexibility index (Phi) is 3.96. The van der Waals surface area contributed by atoms with Crippen molar-refractivity contribution in [3.8, 4) is 5.75 Å². The van der Waals surface area contributed by atoms with Crippen molar-refractivity contribution in [2.45, 2.75) is 13.0 Å². The molecule has 0 unspecified atom stereocenters. The molecule has 0 spiro atoms. The van der Waals surface area contributed by atoms with E-state index >= 15 is 0 Å². The number of hydrogen-bond donors (Lipinski definition) is 1. The van der Waals surface area contributed by atoms with Crippen LogP contribution < -0.4 is 10.5 Å². The Balaban J connectivity index is 2.76. The van der Waals surface area contributed by atoms with Crippen LogP contribution in [-0.4, -0.2) is 17.8 Å². The summed E-state index contributed by atoms with van der Waals surface area (Å²) in [6.07, 6.45) is 1.23. The number of benzene rings is 1. The summed E-state index contributed by atoms with van der Waals surface area (Å²) in [5.74, 6) is -0.323. The number of carbonyl (C=O) groups is 2. The van der Waals surface area contributed by atoms with E-state index in [1.54, 1.807) is 12.1 Å². The molecule has 4 nitrogen and oxygen atoms in total. The molecule has 16 heavy (non-hydrogen) atoms. The van der Waals surface area contributed by atoms with Crippen LogP contribution in [0.4, 0.5) is 0 Å². The predicted molar refractivity (Wildman–Crippen MR) is 60.3 cm³/mol. The monoisotopic (exact) mass is 219 g/mol. The highest BCUT2D eigenvalue weighted by Gasteiger charge is 2.10. The number of rotatable bonds is 4. The van der Waals surface area contributed by atoms with Crippen molar-refractivity contribution in [2.24, 2.45) is 5.73 Å². The van der Waals surface area contributed by atoms with Gasteiger partial charge in [-0.15, -0.1) is 0 Å². The Morgan fingerprint density at radius 2 is 1.94 bits per heavy atom. The summed E-state index contributed by atoms with van der Waals surface area (Å²) in [5, 5.41) is 0. The maximum Gasteiger partial charge on any atom is 0.328 e. The summed E-state index contributed by atoms with van der Waals surface area (Å²) in [5.41, 5.74) is 5.84. The molecule has 0 amide bonds. The van der Waals surface area contributed by atoms with E-state index in [-0.39, 0.29) is 5.78 Å². The molecule has 4 heteroatoms. The Labute approximate surface area is 93.7 Å². The van der Waals surface area contributed by atoms with Crippen LogP contribution in [0.15, 0.2) is 36.9 Å². The van der Waals surface area contributed by atoms with Crippen LogP contribution in [0.3, 0.4) is 0 Å². The lowest BCUT2D eigenvalue weighted by molar-refractivity contribution is -0.135. The van der Waals surface area contributed by atoms with Crippen molar-refractivity contribution in [2.75, 3.05) is 0 Å². The lowest BCUT2D eigenvalue weighted by Crippen LogP contribution is -2.30. The fraction of sp³-hybridized carbons (Fsp3) is 0.167. The van der Waals surface area contributed by atoms with E-state index in [9.17, 15) is 9.59 Å². The maximum atomic E-state index is 11.2. The second-order valence-electron chi connectivity index (χ2n) is 3.30. The van der Waals surface area contributed by atoms with Crippen LogP contribution >= 0.6 is 0 Å². The van der Waals surface area contributed by atoms with Crippen molar-refractivity contribution in [1.82, 2.24) is 0 Å². The van der Waals surface area contributed by atoms with Gasteiger partial charge < -0.3 is 10.5 Å². The zero-order valence-electron chi connectivity index (χ0n) is 8.97. The van der Waals surface area contributed by atoms with Gasteiger partial charge in [-0.3, -0.25) is 4.79 Å². The molecule has 84 valence electrons. The Bertz CT molecular complexity index is 407. The number of nitrogens with two attached hydrogens (primary N) is 1. The third-order valence-electron chi connectivity index (χ3n) is 1.91. The summed E-state index contributed by atoms with van der Waals surface area (Å²) in [6.45, 7) is 4.92. The van der Waals surface area contributed by atoms with Gasteiger partial charge in [0.15, 0.2) is 5.78 Å². The van der Waals surface area contributed by atoms with Gasteiger partial charge >= 0.3 is 5.97 Å². The first-order valence-electron chi connectivity index (χ1n) is 4.78. The molecule has 0 aliphatic heterocycles. The molecule has 0 radical (unpaired) electrons. The third kappa shape index (κ3) is 3.03. The van der Waals surface area contributed by atoms with Crippen molar-refractivity contribution in [1.29, 1.82) is 0 Å². The number of hydrogen-bond acceptors (Lipinski definition) is 4. The molecule has 2 N–H and O–H groups in total. The maximum absolute atomic E-state index is 11.2. The van der Waals surface area contributed by atoms with Crippen LogP contribution in [0.25, 0.3) is 0 Å². The normalized spacial score (nSPS) is 11.6. The first-order valence-corrected chi connectivity index (χ1v) is 4.78. The molecule has 0 saturated carbocycles. The minimum atomic E-state index is -0.672. The topological polar surface area (TPSA) is 69.4 Å². The minimum Gasteiger partial charge on any atom is -0.425 e. The quantitative estimate of drug-likeness (QED) is 0.359. The van der Waals surface area contributed by atoms with Gasteiger partial charge in [0, 0.05) is 5.56 Å². The first kappa shape index (κ1) is 12.1. The summed E-state index contributed by atoms with van der Waals surface area (Å²) in [6, 6.07) is 5.53. The fourth-order valence-corrected chi connectivity index (χ4v) is 1.01. The molecule has 1 atom stereocenters. The summed E-state index contributed by atoms with van der Waals surface area (Å²) < 4.78 is 4.94. The van der Waals surface area contributed by atoms with Gasteiger partial charge in [-0.1, -0.05) is 6.58 Å². The number of ether oxygens (including phenoxy) is 1. The molecule has 1 aromatic rings. The highest BCUT2D eigenvalue weighted by Crippen LogP contribution is 2.13. The molecule has 0 fully saturated rings. The van der Waals surface area contributed by atoms with E-state index in [1.165, 1.54) is 25.1 Å². The van der Waals surface area contributed by atoms with E-state index in [1.807, 2.05) is 0 Å². The van der Waals surface area contributed by atoms with Crippen molar-refractivity contribution >= 4 is 11.8 Å². The van der Waals surface area contributed by atoms with Gasteiger partial charge in [0.05, 0.1) is 0 Å². The number of ketones is 1. The van der Waals surface area contributed by atoms with Gasteiger partial charge in [0.2, 0.25) is 0 Å². The fourth-order valence-electron chi connectivity index (χ4n) is 1.01. The Morgan fingerprint density at radius 1 is 1.38 bits per heavy atom. The SMILES string of the molecule is C=CC(=O)c1ccc(OC(=O)[C@H](C)N)cc1. The van der Waals surface area contributed by atoms with Crippen LogP contribution in [0, 0.1) is 0 Å². The van der Waals surface area contributed by atoms with E-state index < -0.39 is 12.0 Å². The molecule has 0 aromatic heterocycles. The highest BCUT2D eigenvalue weighted by atomic mass is 16.5. The standard InChI is InChI=1S/C12H13NO3/c1-3-11(14)9-4-6-10(7-5-9)16-12(15)8(2)13/h3-8H,1,13H2,2H3/t8-/m0/s1. The molecule has 1 aromatic carbocycles. The predicted octanol–water partition coefficient (Wildman–Crippen LogP) is 1.31. The van der Waals surface area contributed by atoms with Gasteiger partial charge in [-0.2, -0.15) is 0 Å². The number of allylic oxidation sites excluding steroid dienone is 1. The van der Waals surface area contributed by atoms with E-state index in [0.29, 0.717) is 11.3 Å². The van der Waals surface area contributed by atoms with Crippen molar-refractivity contribution in [3.05, 3.63) is 42.5 Å². The van der Waals surface area contributed by atoms with E-state index in [0.717, 1.165) is 0 Å². The average molecular weight is 219 g/mol.